The molecule has 0 saturated carbocycles. The Morgan fingerprint density at radius 2 is 0.528 bits per heavy atom. The van der Waals surface area contributed by atoms with Gasteiger partial charge in [0.1, 0.15) is 15.0 Å². The van der Waals surface area contributed by atoms with Crippen LogP contribution in [0.25, 0.3) is 252 Å². The molecule has 0 aliphatic carbocycles. The van der Waals surface area contributed by atoms with Crippen LogP contribution in [-0.4, -0.2) is 44.9 Å². The van der Waals surface area contributed by atoms with E-state index in [1.165, 1.54) is 0 Å². The van der Waals surface area contributed by atoms with Crippen molar-refractivity contribution in [1.29, 1.82) is 0 Å². The van der Waals surface area contributed by atoms with Gasteiger partial charge in [-0.1, -0.05) is 358 Å². The molecule has 0 amide bonds. The molecule has 0 spiro atoms. The summed E-state index contributed by atoms with van der Waals surface area (Å²) in [5.74, 6) is 1.97. The number of hydrogen-bond donors (Lipinski definition) is 0. The summed E-state index contributed by atoms with van der Waals surface area (Å²) in [5, 5.41) is 11.9. The van der Waals surface area contributed by atoms with Crippen LogP contribution in [0.15, 0.2) is 419 Å². The predicted octanol–water partition coefficient (Wildman–Crippen LogP) is 31.2. The first kappa shape index (κ1) is 74.7. The Balaban J connectivity index is 0.547. The van der Waals surface area contributed by atoms with Crippen LogP contribution >= 0.6 is 34.0 Å². The van der Waals surface area contributed by atoms with Crippen molar-refractivity contribution in [2.45, 2.75) is 0 Å². The zero-order valence-electron chi connectivity index (χ0n) is 68.1. The molecular formula is C115H69N9S3. The summed E-state index contributed by atoms with van der Waals surface area (Å²) >= 11 is 5.18. The summed E-state index contributed by atoms with van der Waals surface area (Å²) in [6.07, 6.45) is 0. The van der Waals surface area contributed by atoms with E-state index in [4.69, 9.17) is 44.9 Å². The van der Waals surface area contributed by atoms with Crippen LogP contribution in [0.3, 0.4) is 0 Å². The fraction of sp³-hybridized carbons (Fsp3) is 0. The van der Waals surface area contributed by atoms with Gasteiger partial charge in [-0.2, -0.15) is 0 Å². The second-order valence-corrected chi connectivity index (χ2v) is 34.9. The van der Waals surface area contributed by atoms with E-state index in [9.17, 15) is 0 Å². The van der Waals surface area contributed by atoms with Crippen molar-refractivity contribution in [2.24, 2.45) is 0 Å². The Bertz CT molecular complexity index is 8370. The van der Waals surface area contributed by atoms with Gasteiger partial charge in [-0.25, -0.2) is 44.9 Å². The Morgan fingerprint density at radius 1 is 0.157 bits per heavy atom. The lowest BCUT2D eigenvalue weighted by Crippen LogP contribution is -1.97. The van der Waals surface area contributed by atoms with Crippen molar-refractivity contribution in [3.05, 3.63) is 419 Å². The van der Waals surface area contributed by atoms with E-state index in [1.807, 2.05) is 36.4 Å². The van der Waals surface area contributed by atoms with E-state index in [0.29, 0.717) is 17.5 Å². The second kappa shape index (κ2) is 31.7. The van der Waals surface area contributed by atoms with E-state index in [-0.39, 0.29) is 0 Å². The maximum absolute atomic E-state index is 5.56. The van der Waals surface area contributed by atoms with Crippen molar-refractivity contribution in [3.63, 3.8) is 0 Å². The number of fused-ring (bicyclic) bond motifs is 10. The number of aromatic nitrogens is 9. The number of rotatable bonds is 16. The summed E-state index contributed by atoms with van der Waals surface area (Å²) in [4.78, 5) is 48.0. The molecule has 12 heteroatoms. The predicted molar refractivity (Wildman–Crippen MR) is 530 cm³/mol. The van der Waals surface area contributed by atoms with E-state index in [0.717, 1.165) is 234 Å². The van der Waals surface area contributed by atoms with Crippen LogP contribution < -0.4 is 0 Å². The van der Waals surface area contributed by atoms with Crippen molar-refractivity contribution in [1.82, 2.24) is 44.9 Å². The number of hydrogen-bond acceptors (Lipinski definition) is 12. The smallest absolute Gasteiger partial charge is 0.160 e. The molecular weight excluding hydrogens is 1600 g/mol. The molecule has 592 valence electrons. The third kappa shape index (κ3) is 14.0. The molecule has 0 fully saturated rings. The summed E-state index contributed by atoms with van der Waals surface area (Å²) in [7, 11) is 0. The van der Waals surface area contributed by atoms with E-state index in [2.05, 4.69) is 382 Å². The number of thiazole rings is 3. The minimum Gasteiger partial charge on any atom is -0.236 e. The number of nitrogens with zero attached hydrogens (tertiary/aromatic N) is 9. The average molecular weight is 1670 g/mol. The van der Waals surface area contributed by atoms with E-state index >= 15 is 0 Å². The molecule has 0 saturated heterocycles. The number of benzene rings is 18. The fourth-order valence-corrected chi connectivity index (χ4v) is 21.1. The lowest BCUT2D eigenvalue weighted by molar-refractivity contribution is 1.18. The normalized spacial score (nSPS) is 11.6. The molecule has 0 aliphatic heterocycles. The lowest BCUT2D eigenvalue weighted by atomic mass is 9.91. The molecule has 24 rings (SSSR count). The molecule has 0 radical (unpaired) electrons. The monoisotopic (exact) mass is 1670 g/mol. The van der Waals surface area contributed by atoms with Crippen LogP contribution in [0.4, 0.5) is 0 Å². The average Bonchev–Trinajstić information content (AvgIpc) is 1.71. The standard InChI is InChI=1S/C115H69N9S3/c1-6-25-73(26-7-1)99-67-102(119-110(116-99)77-29-10-3-11-30-77)86-56-59-92-84(64-86)58-61-97-107(92)125-115(123-97)93-42-21-20-41-91(93)83-38-22-37-82(63-83)90-40-19-18-39-89(90)71-47-51-78(52-48-71)111-117-100(74-27-8-2-9-28-74)68-103(120-111)87-54-53-85-65-95(106-108(96(85)66-87)126-114(124-106)80-33-14-5-15-34-80)72-45-49-75(50-46-72)101-69-104(121-112(118-101)88-55-44-70-24-16-17-35-81(70)62-88)94-43-23-36-76-57-60-98-109(105(76)94)127-113(122-98)79-31-12-4-13-32-79/h1-69H. The molecule has 0 unspecified atom stereocenters. The Hall–Kier alpha value is -16.1. The molecule has 6 aromatic heterocycles. The Labute approximate surface area is 743 Å². The van der Waals surface area contributed by atoms with Crippen LogP contribution in [0.5, 0.6) is 0 Å². The second-order valence-electron chi connectivity index (χ2n) is 31.9. The van der Waals surface area contributed by atoms with Gasteiger partial charge < -0.3 is 0 Å². The molecule has 24 aromatic rings. The summed E-state index contributed by atoms with van der Waals surface area (Å²) in [6.45, 7) is 0. The highest BCUT2D eigenvalue weighted by Gasteiger charge is 2.24. The molecule has 0 atom stereocenters. The first-order chi connectivity index (χ1) is 62.8. The zero-order chi connectivity index (χ0) is 83.8. The maximum atomic E-state index is 5.56. The van der Waals surface area contributed by atoms with Crippen molar-refractivity contribution >= 4 is 108 Å². The summed E-state index contributed by atoms with van der Waals surface area (Å²) < 4.78 is 3.36. The Kier molecular flexibility index (Phi) is 18.6. The van der Waals surface area contributed by atoms with Crippen molar-refractivity contribution in [2.75, 3.05) is 0 Å². The molecule has 18 aromatic carbocycles. The third-order valence-electron chi connectivity index (χ3n) is 24.0. The fourth-order valence-electron chi connectivity index (χ4n) is 17.7. The minimum atomic E-state index is 0.632. The zero-order valence-corrected chi connectivity index (χ0v) is 70.5. The van der Waals surface area contributed by atoms with Gasteiger partial charge in [0.2, 0.25) is 0 Å². The molecule has 127 heavy (non-hydrogen) atoms. The van der Waals surface area contributed by atoms with Crippen LogP contribution in [0.2, 0.25) is 0 Å². The molecule has 6 heterocycles. The molecule has 9 nitrogen and oxygen atoms in total. The van der Waals surface area contributed by atoms with Crippen molar-refractivity contribution < 1.29 is 0 Å². The van der Waals surface area contributed by atoms with E-state index in [1.54, 1.807) is 34.0 Å². The first-order valence-electron chi connectivity index (χ1n) is 42.3. The van der Waals surface area contributed by atoms with E-state index < -0.39 is 0 Å². The summed E-state index contributed by atoms with van der Waals surface area (Å²) in [5.41, 5.74) is 28.7. The van der Waals surface area contributed by atoms with Gasteiger partial charge >= 0.3 is 0 Å². The topological polar surface area (TPSA) is 116 Å². The minimum absolute atomic E-state index is 0.632. The largest absolute Gasteiger partial charge is 0.236 e. The highest BCUT2D eigenvalue weighted by Crippen LogP contribution is 2.48. The first-order valence-corrected chi connectivity index (χ1v) is 44.8. The molecule has 0 bridgehead atoms. The van der Waals surface area contributed by atoms with Gasteiger partial charge in [-0.05, 0) is 127 Å². The SMILES string of the molecule is c1ccc(-c2cc(-c3ccc4c(ccc5nc(-c6ccccc6-c6cccc(-c7ccccc7-c7ccc(-c8nc(-c9ccccc9)cc(-c9ccc%10cc(-c%11ccc(-c%12cc(-c%13cccc%14ccc%15nc(-c%16ccccc%16)sc%15c%13%14)nc(-c%13ccc%14ccccc%14c%13)n%12)cc%11)c%11nc(-c%12ccccc%12)sc%11c%10c9)n8)cc7)c6)sc54)c3)nc(-c3ccccc3)n2)cc1. The van der Waals surface area contributed by atoms with Gasteiger partial charge in [0.25, 0.3) is 0 Å². The Morgan fingerprint density at radius 3 is 1.17 bits per heavy atom. The maximum Gasteiger partial charge on any atom is 0.160 e. The molecule has 0 N–H and O–H groups in total. The van der Waals surface area contributed by atoms with Crippen LogP contribution in [0.1, 0.15) is 0 Å². The van der Waals surface area contributed by atoms with Gasteiger partial charge in [0.15, 0.2) is 17.5 Å². The summed E-state index contributed by atoms with van der Waals surface area (Å²) in [6, 6.07) is 148. The van der Waals surface area contributed by atoms with Gasteiger partial charge in [-0.15, -0.1) is 34.0 Å². The third-order valence-corrected chi connectivity index (χ3v) is 27.4. The van der Waals surface area contributed by atoms with Crippen LogP contribution in [0, 0.1) is 0 Å². The van der Waals surface area contributed by atoms with Gasteiger partial charge in [-0.3, -0.25) is 0 Å². The highest BCUT2D eigenvalue weighted by atomic mass is 32.1. The van der Waals surface area contributed by atoms with Gasteiger partial charge in [0.05, 0.1) is 64.8 Å². The van der Waals surface area contributed by atoms with Gasteiger partial charge in [0, 0.05) is 88.5 Å². The highest BCUT2D eigenvalue weighted by molar-refractivity contribution is 7.23. The quantitative estimate of drug-likeness (QED) is 0.0932. The lowest BCUT2D eigenvalue weighted by Gasteiger charge is -2.14. The van der Waals surface area contributed by atoms with Crippen molar-refractivity contribution in [3.8, 4) is 178 Å². The van der Waals surface area contributed by atoms with Crippen LogP contribution in [-0.2, 0) is 0 Å². The molecule has 0 aliphatic rings.